The minimum atomic E-state index is -0.561. The molecule has 1 saturated heterocycles. The molecule has 1 fully saturated rings. The van der Waals surface area contributed by atoms with E-state index in [1.165, 1.54) is 0 Å². The number of nitrogen functional groups attached to an aromatic ring is 1. The lowest BCUT2D eigenvalue weighted by molar-refractivity contribution is -0.136. The van der Waals surface area contributed by atoms with Gasteiger partial charge in [0, 0.05) is 31.9 Å². The van der Waals surface area contributed by atoms with Gasteiger partial charge in [0.25, 0.3) is 0 Å². The van der Waals surface area contributed by atoms with Gasteiger partial charge in [-0.15, -0.1) is 0 Å². The molecule has 0 spiro atoms. The second kappa shape index (κ2) is 4.64. The van der Waals surface area contributed by atoms with Gasteiger partial charge in [-0.05, 0) is 26.0 Å². The summed E-state index contributed by atoms with van der Waals surface area (Å²) in [5.74, 6) is 0.759. The van der Waals surface area contributed by atoms with Crippen LogP contribution >= 0.6 is 0 Å². The number of piperazine rings is 1. The molecule has 5 nitrogen and oxygen atoms in total. The molecule has 1 aliphatic heterocycles. The topological polar surface area (TPSA) is 58.8 Å². The van der Waals surface area contributed by atoms with Gasteiger partial charge in [0.2, 0.25) is 5.91 Å². The highest BCUT2D eigenvalue weighted by molar-refractivity contribution is 5.90. The van der Waals surface area contributed by atoms with Crippen LogP contribution in [0.25, 0.3) is 0 Å². The lowest BCUT2D eigenvalue weighted by atomic mass is 9.96. The predicted molar refractivity (Wildman–Crippen MR) is 76.5 cm³/mol. The number of hydrogen-bond donors (Lipinski definition) is 1. The molecule has 1 amide bonds. The van der Waals surface area contributed by atoms with Crippen molar-refractivity contribution in [3.8, 4) is 5.75 Å². The number of likely N-dealkylation sites (N-methyl/N-ethyl adjacent to an activating group) is 1. The quantitative estimate of drug-likeness (QED) is 0.818. The summed E-state index contributed by atoms with van der Waals surface area (Å²) in [6, 6.07) is 5.63. The van der Waals surface area contributed by atoms with Crippen LogP contribution in [0.3, 0.4) is 0 Å². The van der Waals surface area contributed by atoms with Crippen LogP contribution in [-0.4, -0.2) is 43.6 Å². The Hall–Kier alpha value is -1.91. The zero-order valence-corrected chi connectivity index (χ0v) is 11.9. The van der Waals surface area contributed by atoms with Crippen LogP contribution in [0.2, 0.25) is 0 Å². The maximum absolute atomic E-state index is 12.3. The first kappa shape index (κ1) is 13.5. The SMILES string of the molecule is COc1cc(N2CCN(C)C(=O)C2(C)C)ccc1N. The van der Waals surface area contributed by atoms with Crippen LogP contribution in [0, 0.1) is 0 Å². The van der Waals surface area contributed by atoms with Crippen molar-refractivity contribution in [2.45, 2.75) is 19.4 Å². The van der Waals surface area contributed by atoms with Gasteiger partial charge in [0.15, 0.2) is 0 Å². The number of amides is 1. The van der Waals surface area contributed by atoms with Gasteiger partial charge in [-0.1, -0.05) is 0 Å². The fourth-order valence-corrected chi connectivity index (χ4v) is 2.53. The number of nitrogens with two attached hydrogens (primary N) is 1. The van der Waals surface area contributed by atoms with Crippen LogP contribution in [0.15, 0.2) is 18.2 Å². The Morgan fingerprint density at radius 2 is 2.00 bits per heavy atom. The monoisotopic (exact) mass is 263 g/mol. The fourth-order valence-electron chi connectivity index (χ4n) is 2.53. The first-order chi connectivity index (χ1) is 8.87. The minimum Gasteiger partial charge on any atom is -0.495 e. The highest BCUT2D eigenvalue weighted by atomic mass is 16.5. The van der Waals surface area contributed by atoms with Gasteiger partial charge in [0.1, 0.15) is 11.3 Å². The molecule has 0 atom stereocenters. The average Bonchev–Trinajstić information content (AvgIpc) is 2.37. The van der Waals surface area contributed by atoms with E-state index in [9.17, 15) is 4.79 Å². The van der Waals surface area contributed by atoms with Crippen LogP contribution in [0.1, 0.15) is 13.8 Å². The lowest BCUT2D eigenvalue weighted by Gasteiger charge is -2.46. The van der Waals surface area contributed by atoms with Crippen molar-refractivity contribution >= 4 is 17.3 Å². The fraction of sp³-hybridized carbons (Fsp3) is 0.500. The van der Waals surface area contributed by atoms with Crippen molar-refractivity contribution < 1.29 is 9.53 Å². The number of anilines is 2. The molecule has 0 unspecified atom stereocenters. The summed E-state index contributed by atoms with van der Waals surface area (Å²) in [7, 11) is 3.43. The molecular weight excluding hydrogens is 242 g/mol. The number of carbonyl (C=O) groups excluding carboxylic acids is 1. The largest absolute Gasteiger partial charge is 0.495 e. The Kier molecular flexibility index (Phi) is 3.30. The van der Waals surface area contributed by atoms with E-state index in [-0.39, 0.29) is 5.91 Å². The molecule has 1 heterocycles. The number of methoxy groups -OCH3 is 1. The molecule has 1 aromatic rings. The second-order valence-electron chi connectivity index (χ2n) is 5.36. The van der Waals surface area contributed by atoms with Crippen LogP contribution in [0.4, 0.5) is 11.4 Å². The van der Waals surface area contributed by atoms with E-state index in [2.05, 4.69) is 4.90 Å². The van der Waals surface area contributed by atoms with E-state index in [4.69, 9.17) is 10.5 Å². The molecule has 19 heavy (non-hydrogen) atoms. The summed E-state index contributed by atoms with van der Waals surface area (Å²) < 4.78 is 5.25. The predicted octanol–water partition coefficient (Wildman–Crippen LogP) is 1.33. The van der Waals surface area contributed by atoms with Crippen LogP contribution in [-0.2, 0) is 4.79 Å². The number of benzene rings is 1. The molecule has 0 radical (unpaired) electrons. The van der Waals surface area contributed by atoms with E-state index >= 15 is 0 Å². The van der Waals surface area contributed by atoms with Gasteiger partial charge in [0.05, 0.1) is 12.8 Å². The van der Waals surface area contributed by atoms with Gasteiger partial charge >= 0.3 is 0 Å². The van der Waals surface area contributed by atoms with E-state index in [1.54, 1.807) is 12.0 Å². The maximum Gasteiger partial charge on any atom is 0.247 e. The third-order valence-electron chi connectivity index (χ3n) is 3.73. The van der Waals surface area contributed by atoms with E-state index in [1.807, 2.05) is 39.1 Å². The number of ether oxygens (including phenoxy) is 1. The highest BCUT2D eigenvalue weighted by Crippen LogP contribution is 2.33. The summed E-state index contributed by atoms with van der Waals surface area (Å²) in [4.78, 5) is 16.1. The zero-order chi connectivity index (χ0) is 14.2. The first-order valence-electron chi connectivity index (χ1n) is 6.34. The number of nitrogens with zero attached hydrogens (tertiary/aromatic N) is 2. The summed E-state index contributed by atoms with van der Waals surface area (Å²) >= 11 is 0. The molecule has 2 N–H and O–H groups in total. The average molecular weight is 263 g/mol. The Morgan fingerprint density at radius 3 is 2.63 bits per heavy atom. The van der Waals surface area contributed by atoms with Crippen molar-refractivity contribution in [2.24, 2.45) is 0 Å². The lowest BCUT2D eigenvalue weighted by Crippen LogP contribution is -2.62. The van der Waals surface area contributed by atoms with Crippen molar-refractivity contribution in [1.29, 1.82) is 0 Å². The Bertz CT molecular complexity index is 499. The Balaban J connectivity index is 2.38. The molecule has 1 aliphatic rings. The van der Waals surface area contributed by atoms with Crippen LogP contribution < -0.4 is 15.4 Å². The van der Waals surface area contributed by atoms with Gasteiger partial charge in [-0.2, -0.15) is 0 Å². The van der Waals surface area contributed by atoms with Gasteiger partial charge in [-0.25, -0.2) is 0 Å². The first-order valence-corrected chi connectivity index (χ1v) is 6.34. The van der Waals surface area contributed by atoms with Crippen LogP contribution in [0.5, 0.6) is 5.75 Å². The van der Waals surface area contributed by atoms with Crippen molar-refractivity contribution in [3.63, 3.8) is 0 Å². The molecule has 1 aromatic carbocycles. The Morgan fingerprint density at radius 1 is 1.32 bits per heavy atom. The smallest absolute Gasteiger partial charge is 0.247 e. The Labute approximate surface area is 113 Å². The number of rotatable bonds is 2. The molecule has 0 saturated carbocycles. The molecule has 0 aliphatic carbocycles. The van der Waals surface area contributed by atoms with E-state index in [0.29, 0.717) is 11.4 Å². The zero-order valence-electron chi connectivity index (χ0n) is 11.9. The molecule has 0 aromatic heterocycles. The molecule has 104 valence electrons. The minimum absolute atomic E-state index is 0.120. The summed E-state index contributed by atoms with van der Waals surface area (Å²) in [6.45, 7) is 5.39. The normalized spacial score (nSPS) is 18.6. The second-order valence-corrected chi connectivity index (χ2v) is 5.36. The molecule has 0 bridgehead atoms. The van der Waals surface area contributed by atoms with E-state index < -0.39 is 5.54 Å². The van der Waals surface area contributed by atoms with Crippen molar-refractivity contribution in [2.75, 3.05) is 37.9 Å². The third-order valence-corrected chi connectivity index (χ3v) is 3.73. The molecular formula is C14H21N3O2. The third kappa shape index (κ3) is 2.20. The molecule has 5 heteroatoms. The maximum atomic E-state index is 12.3. The van der Waals surface area contributed by atoms with Gasteiger partial charge < -0.3 is 20.3 Å². The van der Waals surface area contributed by atoms with Crippen molar-refractivity contribution in [3.05, 3.63) is 18.2 Å². The summed E-state index contributed by atoms with van der Waals surface area (Å²) in [6.07, 6.45) is 0. The van der Waals surface area contributed by atoms with E-state index in [0.717, 1.165) is 18.8 Å². The highest BCUT2D eigenvalue weighted by Gasteiger charge is 2.40. The number of carbonyl (C=O) groups is 1. The summed E-state index contributed by atoms with van der Waals surface area (Å²) in [5, 5.41) is 0. The van der Waals surface area contributed by atoms with Gasteiger partial charge in [-0.3, -0.25) is 4.79 Å². The number of hydrogen-bond acceptors (Lipinski definition) is 4. The van der Waals surface area contributed by atoms with Crippen molar-refractivity contribution in [1.82, 2.24) is 4.90 Å². The standard InChI is InChI=1S/C14H21N3O2/c1-14(2)13(18)16(3)7-8-17(14)10-5-6-11(15)12(9-10)19-4/h5-6,9H,7-8,15H2,1-4H3. The molecule has 2 rings (SSSR count). The summed E-state index contributed by atoms with van der Waals surface area (Å²) in [5.41, 5.74) is 6.82.